The molecule has 3 aromatic rings. The van der Waals surface area contributed by atoms with Crippen molar-refractivity contribution in [2.45, 2.75) is 0 Å². The van der Waals surface area contributed by atoms with Crippen molar-refractivity contribution in [3.63, 3.8) is 0 Å². The van der Waals surface area contributed by atoms with E-state index in [9.17, 15) is 0 Å². The van der Waals surface area contributed by atoms with Gasteiger partial charge in [-0.15, -0.1) is 0 Å². The van der Waals surface area contributed by atoms with Crippen molar-refractivity contribution >= 4 is 16.5 Å². The lowest BCUT2D eigenvalue weighted by atomic mass is 10.1. The number of nitrogens with zero attached hydrogens (tertiary/aromatic N) is 1. The van der Waals surface area contributed by atoms with Gasteiger partial charge in [0.05, 0.1) is 6.57 Å². The lowest BCUT2D eigenvalue weighted by Crippen LogP contribution is -1.77. The zero-order valence-corrected chi connectivity index (χ0v) is 10.8. The monoisotopic (exact) mass is 253 g/mol. The fraction of sp³-hybridized carbons (Fsp3) is 0. The predicted octanol–water partition coefficient (Wildman–Crippen LogP) is 4.79. The first-order valence-corrected chi connectivity index (χ1v) is 6.33. The van der Waals surface area contributed by atoms with Gasteiger partial charge in [-0.1, -0.05) is 66.4 Å². The Morgan fingerprint density at radius 1 is 0.700 bits per heavy atom. The van der Waals surface area contributed by atoms with Crippen molar-refractivity contribution in [1.29, 1.82) is 0 Å². The van der Waals surface area contributed by atoms with Crippen molar-refractivity contribution in [1.82, 2.24) is 0 Å². The van der Waals surface area contributed by atoms with Crippen LogP contribution in [0.1, 0.15) is 11.1 Å². The SMILES string of the molecule is [C-]#[N+]c1ccc(C#Cc2ccc3ccccc3c2)cc1. The maximum Gasteiger partial charge on any atom is 0.187 e. The summed E-state index contributed by atoms with van der Waals surface area (Å²) in [6.07, 6.45) is 0. The van der Waals surface area contributed by atoms with E-state index in [0.717, 1.165) is 11.1 Å². The van der Waals surface area contributed by atoms with Gasteiger partial charge >= 0.3 is 0 Å². The lowest BCUT2D eigenvalue weighted by Gasteiger charge is -1.97. The fourth-order valence-electron chi connectivity index (χ4n) is 2.03. The van der Waals surface area contributed by atoms with Gasteiger partial charge in [0.1, 0.15) is 0 Å². The Balaban J connectivity index is 1.93. The van der Waals surface area contributed by atoms with Crippen LogP contribution in [0.2, 0.25) is 0 Å². The number of fused-ring (bicyclic) bond motifs is 1. The molecule has 0 aliphatic carbocycles. The van der Waals surface area contributed by atoms with Crippen molar-refractivity contribution in [2.24, 2.45) is 0 Å². The second-order valence-corrected chi connectivity index (χ2v) is 4.47. The third kappa shape index (κ3) is 2.53. The smallest absolute Gasteiger partial charge is 0.187 e. The van der Waals surface area contributed by atoms with E-state index in [-0.39, 0.29) is 0 Å². The van der Waals surface area contributed by atoms with Crippen molar-refractivity contribution in [3.05, 3.63) is 89.3 Å². The molecule has 20 heavy (non-hydrogen) atoms. The molecule has 0 bridgehead atoms. The molecule has 0 amide bonds. The first kappa shape index (κ1) is 12.0. The first-order chi connectivity index (χ1) is 9.85. The summed E-state index contributed by atoms with van der Waals surface area (Å²) in [4.78, 5) is 3.37. The van der Waals surface area contributed by atoms with Gasteiger partial charge in [0.25, 0.3) is 0 Å². The molecule has 1 nitrogen and oxygen atoms in total. The molecule has 92 valence electrons. The highest BCUT2D eigenvalue weighted by atomic mass is 14.6. The van der Waals surface area contributed by atoms with Crippen molar-refractivity contribution < 1.29 is 0 Å². The summed E-state index contributed by atoms with van der Waals surface area (Å²) in [7, 11) is 0. The summed E-state index contributed by atoms with van der Waals surface area (Å²) in [5, 5.41) is 2.42. The zero-order valence-electron chi connectivity index (χ0n) is 10.8. The Kier molecular flexibility index (Phi) is 3.19. The standard InChI is InChI=1S/C19H11N/c1-20-19-12-9-15(10-13-19)6-7-16-8-11-17-4-2-3-5-18(17)14-16/h2-5,8-14H. The second kappa shape index (κ2) is 5.31. The van der Waals surface area contributed by atoms with E-state index >= 15 is 0 Å². The molecule has 0 saturated heterocycles. The second-order valence-electron chi connectivity index (χ2n) is 4.47. The lowest BCUT2D eigenvalue weighted by molar-refractivity contribution is 1.64. The molecule has 0 radical (unpaired) electrons. The van der Waals surface area contributed by atoms with Crippen LogP contribution in [0.4, 0.5) is 5.69 Å². The summed E-state index contributed by atoms with van der Waals surface area (Å²) in [6.45, 7) is 6.92. The van der Waals surface area contributed by atoms with E-state index in [4.69, 9.17) is 6.57 Å². The highest BCUT2D eigenvalue weighted by Gasteiger charge is 1.93. The molecule has 0 fully saturated rings. The maximum atomic E-state index is 6.92. The summed E-state index contributed by atoms with van der Waals surface area (Å²) >= 11 is 0. The van der Waals surface area contributed by atoms with Crippen LogP contribution in [-0.2, 0) is 0 Å². The minimum Gasteiger partial charge on any atom is -0.238 e. The van der Waals surface area contributed by atoms with Gasteiger partial charge in [0.15, 0.2) is 5.69 Å². The van der Waals surface area contributed by atoms with Gasteiger partial charge in [-0.05, 0) is 22.9 Å². The summed E-state index contributed by atoms with van der Waals surface area (Å²) < 4.78 is 0. The topological polar surface area (TPSA) is 4.36 Å². The van der Waals surface area contributed by atoms with Gasteiger partial charge in [-0.25, -0.2) is 4.85 Å². The van der Waals surface area contributed by atoms with Crippen LogP contribution in [-0.4, -0.2) is 0 Å². The van der Waals surface area contributed by atoms with E-state index in [1.54, 1.807) is 12.1 Å². The maximum absolute atomic E-state index is 6.92. The van der Waals surface area contributed by atoms with Gasteiger partial charge in [-0.2, -0.15) is 0 Å². The number of rotatable bonds is 0. The predicted molar refractivity (Wildman–Crippen MR) is 82.6 cm³/mol. The fourth-order valence-corrected chi connectivity index (χ4v) is 2.03. The number of hydrogen-bond acceptors (Lipinski definition) is 0. The molecule has 1 heteroatoms. The third-order valence-electron chi connectivity index (χ3n) is 3.10. The van der Waals surface area contributed by atoms with Crippen LogP contribution in [0.5, 0.6) is 0 Å². The Labute approximate surface area is 118 Å². The van der Waals surface area contributed by atoms with Gasteiger partial charge < -0.3 is 0 Å². The normalized spacial score (nSPS) is 9.55. The van der Waals surface area contributed by atoms with E-state index < -0.39 is 0 Å². The Hall–Kier alpha value is -3.03. The molecule has 0 aliphatic rings. The molecule has 0 aliphatic heterocycles. The molecule has 0 aromatic heterocycles. The van der Waals surface area contributed by atoms with Gasteiger partial charge in [0.2, 0.25) is 0 Å². The van der Waals surface area contributed by atoms with Crippen molar-refractivity contribution in [3.8, 4) is 11.8 Å². The van der Waals surface area contributed by atoms with Crippen LogP contribution in [0.15, 0.2) is 66.7 Å². The summed E-state index contributed by atoms with van der Waals surface area (Å²) in [5.74, 6) is 6.29. The number of benzene rings is 3. The van der Waals surface area contributed by atoms with Crippen LogP contribution < -0.4 is 0 Å². The molecule has 0 unspecified atom stereocenters. The Morgan fingerprint density at radius 3 is 2.10 bits per heavy atom. The average molecular weight is 253 g/mol. The minimum absolute atomic E-state index is 0.640. The molecule has 0 spiro atoms. The van der Waals surface area contributed by atoms with E-state index in [1.165, 1.54) is 10.8 Å². The number of hydrogen-bond donors (Lipinski definition) is 0. The molecule has 0 N–H and O–H groups in total. The van der Waals surface area contributed by atoms with Crippen LogP contribution in [0.3, 0.4) is 0 Å². The highest BCUT2D eigenvalue weighted by molar-refractivity contribution is 5.83. The Bertz CT molecular complexity index is 856. The van der Waals surface area contributed by atoms with Crippen LogP contribution in [0.25, 0.3) is 15.6 Å². The van der Waals surface area contributed by atoms with Crippen LogP contribution in [0, 0.1) is 18.4 Å². The zero-order chi connectivity index (χ0) is 13.8. The summed E-state index contributed by atoms with van der Waals surface area (Å²) in [6, 6.07) is 21.8. The average Bonchev–Trinajstić information content (AvgIpc) is 2.53. The molecular formula is C19H11N. The highest BCUT2D eigenvalue weighted by Crippen LogP contribution is 2.15. The summed E-state index contributed by atoms with van der Waals surface area (Å²) in [5.41, 5.74) is 2.56. The molecule has 0 saturated carbocycles. The molecular weight excluding hydrogens is 242 g/mol. The third-order valence-corrected chi connectivity index (χ3v) is 3.10. The van der Waals surface area contributed by atoms with Crippen molar-refractivity contribution in [2.75, 3.05) is 0 Å². The molecule has 3 aromatic carbocycles. The van der Waals surface area contributed by atoms with Gasteiger partial charge in [-0.3, -0.25) is 0 Å². The molecule has 3 rings (SSSR count). The van der Waals surface area contributed by atoms with E-state index in [0.29, 0.717) is 5.69 Å². The van der Waals surface area contributed by atoms with E-state index in [2.05, 4.69) is 41.0 Å². The molecule has 0 atom stereocenters. The van der Waals surface area contributed by atoms with Crippen LogP contribution >= 0.6 is 0 Å². The van der Waals surface area contributed by atoms with E-state index in [1.807, 2.05) is 30.3 Å². The Morgan fingerprint density at radius 2 is 1.35 bits per heavy atom. The molecule has 0 heterocycles. The largest absolute Gasteiger partial charge is 0.238 e. The quantitative estimate of drug-likeness (QED) is 0.401. The first-order valence-electron chi connectivity index (χ1n) is 6.33. The minimum atomic E-state index is 0.640. The van der Waals surface area contributed by atoms with Gasteiger partial charge in [0, 0.05) is 11.1 Å².